The number of phenols is 1. The summed E-state index contributed by atoms with van der Waals surface area (Å²) in [5.74, 6) is 0.398. The molecule has 2 aliphatic rings. The number of fused-ring (bicyclic) bond motifs is 1. The zero-order valence-electron chi connectivity index (χ0n) is 9.33. The van der Waals surface area contributed by atoms with Gasteiger partial charge in [0, 0.05) is 17.5 Å². The lowest BCUT2D eigenvalue weighted by atomic mass is 9.63. The highest BCUT2D eigenvalue weighted by molar-refractivity contribution is 5.51. The fraction of sp³-hybridized carbons (Fsp3) is 0.538. The van der Waals surface area contributed by atoms with Gasteiger partial charge in [-0.25, -0.2) is 0 Å². The Balaban J connectivity index is 2.15. The Morgan fingerprint density at radius 3 is 2.75 bits per heavy atom. The number of rotatable bonds is 2. The smallest absolute Gasteiger partial charge is 0.119 e. The molecule has 1 heterocycles. The van der Waals surface area contributed by atoms with Gasteiger partial charge in [-0.1, -0.05) is 12.5 Å². The van der Waals surface area contributed by atoms with E-state index in [0.29, 0.717) is 25.5 Å². The molecule has 0 spiro atoms. The van der Waals surface area contributed by atoms with Crippen molar-refractivity contribution in [1.29, 1.82) is 0 Å². The topological polar surface area (TPSA) is 55.5 Å². The molecule has 1 saturated carbocycles. The van der Waals surface area contributed by atoms with Crippen molar-refractivity contribution in [3.63, 3.8) is 0 Å². The Bertz CT molecular complexity index is 419. The van der Waals surface area contributed by atoms with E-state index in [2.05, 4.69) is 0 Å². The minimum absolute atomic E-state index is 0.0170. The average Bonchev–Trinajstić information content (AvgIpc) is 2.68. The molecule has 0 bridgehead atoms. The van der Waals surface area contributed by atoms with Crippen LogP contribution in [0.1, 0.15) is 36.0 Å². The molecule has 0 amide bonds. The number of ether oxygens (including phenoxy) is 1. The number of benzene rings is 1. The van der Waals surface area contributed by atoms with Gasteiger partial charge in [-0.3, -0.25) is 0 Å². The third-order valence-corrected chi connectivity index (χ3v) is 4.12. The van der Waals surface area contributed by atoms with Gasteiger partial charge in [0.15, 0.2) is 0 Å². The van der Waals surface area contributed by atoms with Gasteiger partial charge < -0.3 is 15.6 Å². The van der Waals surface area contributed by atoms with Crippen LogP contribution in [0.25, 0.3) is 0 Å². The summed E-state index contributed by atoms with van der Waals surface area (Å²) in [5.41, 5.74) is 9.40. The summed E-state index contributed by atoms with van der Waals surface area (Å²) in [6, 6.07) is 3.75. The number of phenolic OH excluding ortho intramolecular Hbond substituents is 1. The van der Waals surface area contributed by atoms with Crippen LogP contribution < -0.4 is 5.73 Å². The SMILES string of the molecule is NCC1(c2c(O)ccc3c2COC3)CCC1. The van der Waals surface area contributed by atoms with E-state index in [4.69, 9.17) is 10.5 Å². The average molecular weight is 219 g/mol. The van der Waals surface area contributed by atoms with Crippen molar-refractivity contribution in [2.24, 2.45) is 5.73 Å². The van der Waals surface area contributed by atoms with Gasteiger partial charge in [0.2, 0.25) is 0 Å². The van der Waals surface area contributed by atoms with Crippen LogP contribution in [0.2, 0.25) is 0 Å². The predicted molar refractivity (Wildman–Crippen MR) is 61.2 cm³/mol. The van der Waals surface area contributed by atoms with Gasteiger partial charge in [-0.15, -0.1) is 0 Å². The first-order valence-corrected chi connectivity index (χ1v) is 5.89. The molecule has 16 heavy (non-hydrogen) atoms. The molecule has 3 N–H and O–H groups in total. The highest BCUT2D eigenvalue weighted by Crippen LogP contribution is 2.49. The second-order valence-electron chi connectivity index (χ2n) is 4.93. The molecule has 1 aliphatic heterocycles. The summed E-state index contributed by atoms with van der Waals surface area (Å²) in [7, 11) is 0. The Kier molecular flexibility index (Phi) is 2.19. The summed E-state index contributed by atoms with van der Waals surface area (Å²) in [6.07, 6.45) is 3.39. The van der Waals surface area contributed by atoms with Gasteiger partial charge in [-0.05, 0) is 30.0 Å². The van der Waals surface area contributed by atoms with Crippen LogP contribution in [0, 0.1) is 0 Å². The van der Waals surface area contributed by atoms with Crippen LogP contribution in [-0.4, -0.2) is 11.7 Å². The van der Waals surface area contributed by atoms with E-state index >= 15 is 0 Å². The molecule has 3 nitrogen and oxygen atoms in total. The maximum absolute atomic E-state index is 10.1. The molecular formula is C13H17NO2. The summed E-state index contributed by atoms with van der Waals surface area (Å²) >= 11 is 0. The van der Waals surface area contributed by atoms with Crippen LogP contribution in [0.5, 0.6) is 5.75 Å². The molecule has 3 heteroatoms. The van der Waals surface area contributed by atoms with E-state index in [-0.39, 0.29) is 5.41 Å². The van der Waals surface area contributed by atoms with E-state index < -0.39 is 0 Å². The van der Waals surface area contributed by atoms with E-state index in [1.165, 1.54) is 17.5 Å². The van der Waals surface area contributed by atoms with Crippen molar-refractivity contribution in [3.8, 4) is 5.75 Å². The van der Waals surface area contributed by atoms with Crippen molar-refractivity contribution in [2.45, 2.75) is 37.9 Å². The molecule has 0 aromatic heterocycles. The van der Waals surface area contributed by atoms with Crippen molar-refractivity contribution >= 4 is 0 Å². The summed E-state index contributed by atoms with van der Waals surface area (Å²) in [5, 5.41) is 10.1. The van der Waals surface area contributed by atoms with Crippen LogP contribution in [0.4, 0.5) is 0 Å². The highest BCUT2D eigenvalue weighted by Gasteiger charge is 2.41. The number of nitrogens with two attached hydrogens (primary N) is 1. The molecule has 0 saturated heterocycles. The second-order valence-corrected chi connectivity index (χ2v) is 4.93. The lowest BCUT2D eigenvalue weighted by molar-refractivity contribution is 0.132. The molecule has 86 valence electrons. The first-order chi connectivity index (χ1) is 7.77. The largest absolute Gasteiger partial charge is 0.508 e. The first-order valence-electron chi connectivity index (χ1n) is 5.89. The molecule has 3 rings (SSSR count). The van der Waals surface area contributed by atoms with E-state index in [9.17, 15) is 5.11 Å². The van der Waals surface area contributed by atoms with Crippen LogP contribution in [-0.2, 0) is 23.4 Å². The van der Waals surface area contributed by atoms with Crippen molar-refractivity contribution < 1.29 is 9.84 Å². The number of hydrogen-bond acceptors (Lipinski definition) is 3. The molecule has 0 unspecified atom stereocenters. The quantitative estimate of drug-likeness (QED) is 0.797. The lowest BCUT2D eigenvalue weighted by Crippen LogP contribution is -2.42. The Hall–Kier alpha value is -1.06. The van der Waals surface area contributed by atoms with E-state index in [0.717, 1.165) is 18.4 Å². The molecule has 1 fully saturated rings. The zero-order chi connectivity index (χ0) is 11.2. The Labute approximate surface area is 95.2 Å². The molecular weight excluding hydrogens is 202 g/mol. The van der Waals surface area contributed by atoms with Crippen molar-refractivity contribution in [3.05, 3.63) is 28.8 Å². The number of aromatic hydroxyl groups is 1. The lowest BCUT2D eigenvalue weighted by Gasteiger charge is -2.42. The summed E-state index contributed by atoms with van der Waals surface area (Å²) < 4.78 is 5.47. The van der Waals surface area contributed by atoms with Gasteiger partial charge in [-0.2, -0.15) is 0 Å². The maximum atomic E-state index is 10.1. The van der Waals surface area contributed by atoms with Crippen molar-refractivity contribution in [1.82, 2.24) is 0 Å². The van der Waals surface area contributed by atoms with Gasteiger partial charge in [0.05, 0.1) is 13.2 Å². The Morgan fingerprint density at radius 1 is 1.31 bits per heavy atom. The van der Waals surface area contributed by atoms with Crippen molar-refractivity contribution in [2.75, 3.05) is 6.54 Å². The monoisotopic (exact) mass is 219 g/mol. The zero-order valence-corrected chi connectivity index (χ0v) is 9.33. The first kappa shape index (κ1) is 10.1. The fourth-order valence-electron chi connectivity index (χ4n) is 2.99. The van der Waals surface area contributed by atoms with Gasteiger partial charge in [0.1, 0.15) is 5.75 Å². The summed E-state index contributed by atoms with van der Waals surface area (Å²) in [6.45, 7) is 1.92. The van der Waals surface area contributed by atoms with Gasteiger partial charge in [0.25, 0.3) is 0 Å². The standard InChI is InChI=1S/C13H17NO2/c14-8-13(4-1-5-13)12-10-7-16-6-9(10)2-3-11(12)15/h2-3,15H,1,4-8,14H2. The van der Waals surface area contributed by atoms with E-state index in [1.54, 1.807) is 6.07 Å². The predicted octanol–water partition coefficient (Wildman–Crippen LogP) is 1.80. The molecule has 0 radical (unpaired) electrons. The Morgan fingerprint density at radius 2 is 2.12 bits per heavy atom. The van der Waals surface area contributed by atoms with Crippen LogP contribution in [0.15, 0.2) is 12.1 Å². The highest BCUT2D eigenvalue weighted by atomic mass is 16.5. The molecule has 1 aromatic rings. The number of hydrogen-bond donors (Lipinski definition) is 2. The molecule has 0 atom stereocenters. The summed E-state index contributed by atoms with van der Waals surface area (Å²) in [4.78, 5) is 0. The molecule has 1 aliphatic carbocycles. The van der Waals surface area contributed by atoms with Gasteiger partial charge >= 0.3 is 0 Å². The van der Waals surface area contributed by atoms with Crippen LogP contribution >= 0.6 is 0 Å². The fourth-order valence-corrected chi connectivity index (χ4v) is 2.99. The van der Waals surface area contributed by atoms with E-state index in [1.807, 2.05) is 6.07 Å². The third kappa shape index (κ3) is 1.22. The normalized spacial score (nSPS) is 21.6. The maximum Gasteiger partial charge on any atom is 0.119 e. The van der Waals surface area contributed by atoms with Crippen LogP contribution in [0.3, 0.4) is 0 Å². The third-order valence-electron chi connectivity index (χ3n) is 4.12. The molecule has 1 aromatic carbocycles. The minimum Gasteiger partial charge on any atom is -0.508 e. The second kappa shape index (κ2) is 3.47. The minimum atomic E-state index is 0.0170.